The van der Waals surface area contributed by atoms with Gasteiger partial charge < -0.3 is 0 Å². The molecule has 0 saturated heterocycles. The molecule has 1 aromatic rings. The quantitative estimate of drug-likeness (QED) is 0.731. The van der Waals surface area contributed by atoms with Crippen molar-refractivity contribution in [2.45, 2.75) is 19.3 Å². The Morgan fingerprint density at radius 1 is 1.54 bits per heavy atom. The molecule has 0 amide bonds. The third-order valence-corrected chi connectivity index (χ3v) is 2.64. The number of hydrogen-bond acceptors (Lipinski definition) is 1. The summed E-state index contributed by atoms with van der Waals surface area (Å²) < 4.78 is 13.3. The van der Waals surface area contributed by atoms with E-state index in [1.807, 2.05) is 6.92 Å². The first kappa shape index (κ1) is 10.9. The first-order valence-corrected chi connectivity index (χ1v) is 5.22. The van der Waals surface area contributed by atoms with Crippen molar-refractivity contribution in [1.29, 1.82) is 0 Å². The third kappa shape index (κ3) is 2.61. The van der Waals surface area contributed by atoms with Gasteiger partial charge in [-0.25, -0.2) is 4.39 Å². The van der Waals surface area contributed by atoms with Crippen LogP contribution in [0.1, 0.15) is 24.8 Å². The molecule has 72 valence electrons. The van der Waals surface area contributed by atoms with Gasteiger partial charge in [-0.15, -0.1) is 0 Å². The topological polar surface area (TPSA) is 0 Å². The van der Waals surface area contributed by atoms with Crippen LogP contribution in [0.25, 0.3) is 0 Å². The third-order valence-electron chi connectivity index (χ3n) is 2.05. The zero-order valence-electron chi connectivity index (χ0n) is 7.43. The fraction of sp³-hybridized carbons (Fsp3) is 0.400. The average molecular weight is 219 g/mol. The van der Waals surface area contributed by atoms with E-state index >= 15 is 0 Å². The lowest BCUT2D eigenvalue weighted by Crippen LogP contribution is -1.99. The Balaban J connectivity index is 2.98. The van der Waals surface area contributed by atoms with E-state index in [0.29, 0.717) is 10.6 Å². The molecule has 0 N–H and O–H groups in total. The highest BCUT2D eigenvalue weighted by atomic mass is 35.5. The Kier molecular flexibility index (Phi) is 4.07. The van der Waals surface area contributed by atoms with Gasteiger partial charge in [0.1, 0.15) is 5.82 Å². The van der Waals surface area contributed by atoms with Crippen LogP contribution in [0, 0.1) is 5.82 Å². The number of rotatable bonds is 3. The molecule has 1 aromatic carbocycles. The summed E-state index contributed by atoms with van der Waals surface area (Å²) in [5, 5.41) is 0.509. The lowest BCUT2D eigenvalue weighted by atomic mass is 9.98. The van der Waals surface area contributed by atoms with E-state index in [1.54, 1.807) is 12.1 Å². The van der Waals surface area contributed by atoms with Gasteiger partial charge in [0.25, 0.3) is 0 Å². The number of hydrogen-bond donors (Lipinski definition) is 1. The maximum Gasteiger partial charge on any atom is 0.128 e. The molecule has 13 heavy (non-hydrogen) atoms. The van der Waals surface area contributed by atoms with Crippen LogP contribution >= 0.6 is 24.2 Å². The van der Waals surface area contributed by atoms with Crippen LogP contribution in [0.15, 0.2) is 18.2 Å². The largest absolute Gasteiger partial charge is 0.207 e. The lowest BCUT2D eigenvalue weighted by Gasteiger charge is -2.12. The van der Waals surface area contributed by atoms with Crippen molar-refractivity contribution in [1.82, 2.24) is 0 Å². The minimum Gasteiger partial charge on any atom is -0.207 e. The van der Waals surface area contributed by atoms with Crippen LogP contribution in [0.2, 0.25) is 5.02 Å². The van der Waals surface area contributed by atoms with Gasteiger partial charge in [-0.3, -0.25) is 0 Å². The molecule has 0 bridgehead atoms. The van der Waals surface area contributed by atoms with Crippen molar-refractivity contribution in [2.24, 2.45) is 0 Å². The molecule has 1 rings (SSSR count). The summed E-state index contributed by atoms with van der Waals surface area (Å²) in [5.41, 5.74) is 0.609. The van der Waals surface area contributed by atoms with Crippen LogP contribution in [0.4, 0.5) is 4.39 Å². The standard InChI is InChI=1S/C10H12ClFS/c1-7(5-6-13)10-8(11)3-2-4-9(10)12/h2-4,7,13H,5-6H2,1H3. The van der Waals surface area contributed by atoms with Crippen LogP contribution in [-0.4, -0.2) is 5.75 Å². The summed E-state index contributed by atoms with van der Waals surface area (Å²) in [7, 11) is 0. The van der Waals surface area contributed by atoms with Gasteiger partial charge in [-0.05, 0) is 30.2 Å². The van der Waals surface area contributed by atoms with Gasteiger partial charge >= 0.3 is 0 Å². The molecule has 0 aliphatic carbocycles. The fourth-order valence-electron chi connectivity index (χ4n) is 1.32. The Bertz CT molecular complexity index is 268. The molecule has 0 radical (unpaired) electrons. The molecule has 0 spiro atoms. The van der Waals surface area contributed by atoms with Crippen LogP contribution < -0.4 is 0 Å². The SMILES string of the molecule is CC(CCS)c1c(F)cccc1Cl. The van der Waals surface area contributed by atoms with Crippen molar-refractivity contribution in [3.63, 3.8) is 0 Å². The molecule has 0 heterocycles. The Labute approximate surface area is 88.5 Å². The summed E-state index contributed by atoms with van der Waals surface area (Å²) in [6, 6.07) is 4.78. The number of thiol groups is 1. The molecule has 3 heteroatoms. The summed E-state index contributed by atoms with van der Waals surface area (Å²) >= 11 is 10.0. The monoisotopic (exact) mass is 218 g/mol. The van der Waals surface area contributed by atoms with Crippen LogP contribution in [0.5, 0.6) is 0 Å². The maximum atomic E-state index is 13.3. The molecule has 0 nitrogen and oxygen atoms in total. The second kappa shape index (κ2) is 4.87. The van der Waals surface area contributed by atoms with Crippen molar-refractivity contribution in [3.05, 3.63) is 34.6 Å². The van der Waals surface area contributed by atoms with Gasteiger partial charge in [0.05, 0.1) is 0 Å². The summed E-state index contributed by atoms with van der Waals surface area (Å²) in [4.78, 5) is 0. The smallest absolute Gasteiger partial charge is 0.128 e. The van der Waals surface area contributed by atoms with Gasteiger partial charge in [0.2, 0.25) is 0 Å². The van der Waals surface area contributed by atoms with Gasteiger partial charge in [-0.1, -0.05) is 24.6 Å². The highest BCUT2D eigenvalue weighted by molar-refractivity contribution is 7.80. The Morgan fingerprint density at radius 3 is 2.77 bits per heavy atom. The molecular weight excluding hydrogens is 207 g/mol. The maximum absolute atomic E-state index is 13.3. The second-order valence-corrected chi connectivity index (χ2v) is 3.90. The van der Waals surface area contributed by atoms with Crippen molar-refractivity contribution in [2.75, 3.05) is 5.75 Å². The summed E-state index contributed by atoms with van der Waals surface area (Å²) in [5.74, 6) is 0.652. The highest BCUT2D eigenvalue weighted by Crippen LogP contribution is 2.29. The van der Waals surface area contributed by atoms with Crippen molar-refractivity contribution < 1.29 is 4.39 Å². The molecule has 1 unspecified atom stereocenters. The first-order valence-electron chi connectivity index (χ1n) is 4.21. The minimum atomic E-state index is -0.221. The molecule has 0 aliphatic heterocycles. The molecule has 1 atom stereocenters. The molecule has 0 aromatic heterocycles. The van der Waals surface area contributed by atoms with E-state index in [1.165, 1.54) is 6.07 Å². The zero-order valence-corrected chi connectivity index (χ0v) is 9.08. The van der Waals surface area contributed by atoms with Crippen LogP contribution in [-0.2, 0) is 0 Å². The fourth-order valence-corrected chi connectivity index (χ4v) is 2.06. The Morgan fingerprint density at radius 2 is 2.23 bits per heavy atom. The van der Waals surface area contributed by atoms with E-state index in [9.17, 15) is 4.39 Å². The van der Waals surface area contributed by atoms with E-state index in [4.69, 9.17) is 11.6 Å². The summed E-state index contributed by atoms with van der Waals surface area (Å²) in [6.07, 6.45) is 0.837. The lowest BCUT2D eigenvalue weighted by molar-refractivity contribution is 0.585. The first-order chi connectivity index (χ1) is 6.16. The number of benzene rings is 1. The molecular formula is C10H12ClFS. The van der Waals surface area contributed by atoms with Gasteiger partial charge in [-0.2, -0.15) is 12.6 Å². The predicted molar refractivity (Wildman–Crippen MR) is 58.3 cm³/mol. The highest BCUT2D eigenvalue weighted by Gasteiger charge is 2.13. The molecule has 0 saturated carbocycles. The molecule has 0 fully saturated rings. The van der Waals surface area contributed by atoms with E-state index in [-0.39, 0.29) is 11.7 Å². The van der Waals surface area contributed by atoms with Crippen molar-refractivity contribution in [3.8, 4) is 0 Å². The summed E-state index contributed by atoms with van der Waals surface area (Å²) in [6.45, 7) is 1.96. The molecule has 0 aliphatic rings. The normalized spacial score (nSPS) is 12.9. The van der Waals surface area contributed by atoms with E-state index in [2.05, 4.69) is 12.6 Å². The van der Waals surface area contributed by atoms with E-state index in [0.717, 1.165) is 12.2 Å². The van der Waals surface area contributed by atoms with Crippen LogP contribution in [0.3, 0.4) is 0 Å². The van der Waals surface area contributed by atoms with Crippen molar-refractivity contribution >= 4 is 24.2 Å². The Hall–Kier alpha value is -0.210. The number of halogens is 2. The average Bonchev–Trinajstić information content (AvgIpc) is 2.04. The minimum absolute atomic E-state index is 0.131. The van der Waals surface area contributed by atoms with Gasteiger partial charge in [0, 0.05) is 10.6 Å². The van der Waals surface area contributed by atoms with Gasteiger partial charge in [0.15, 0.2) is 0 Å². The zero-order chi connectivity index (χ0) is 9.84. The van der Waals surface area contributed by atoms with E-state index < -0.39 is 0 Å². The second-order valence-electron chi connectivity index (χ2n) is 3.05. The predicted octanol–water partition coefficient (Wildman–Crippen LogP) is 3.90.